The maximum atomic E-state index is 12.1. The molecule has 0 bridgehead atoms. The van der Waals surface area contributed by atoms with Gasteiger partial charge in [0.05, 0.1) is 6.61 Å². The van der Waals surface area contributed by atoms with E-state index in [1.54, 1.807) is 0 Å². The van der Waals surface area contributed by atoms with Crippen molar-refractivity contribution in [2.45, 2.75) is 25.1 Å². The third-order valence-corrected chi connectivity index (χ3v) is 3.50. The van der Waals surface area contributed by atoms with Crippen LogP contribution in [0.5, 0.6) is 0 Å². The molecule has 8 nitrogen and oxygen atoms in total. The summed E-state index contributed by atoms with van der Waals surface area (Å²) in [5.41, 5.74) is 9.24. The molecule has 0 aliphatic carbocycles. The smallest absolute Gasteiger partial charge is 0.327 e. The van der Waals surface area contributed by atoms with Gasteiger partial charge < -0.3 is 9.84 Å². The Hall–Kier alpha value is -2.00. The maximum Gasteiger partial charge on any atom is 0.327 e. The van der Waals surface area contributed by atoms with Crippen molar-refractivity contribution in [3.8, 4) is 0 Å². The van der Waals surface area contributed by atoms with E-state index in [-0.39, 0.29) is 18.6 Å². The summed E-state index contributed by atoms with van der Waals surface area (Å²) in [6.07, 6.45) is 0.660. The summed E-state index contributed by atoms with van der Waals surface area (Å²) in [6.45, 7) is 0.345. The summed E-state index contributed by atoms with van der Waals surface area (Å²) in [5.74, 6) is -0.835. The fraction of sp³-hybridized carbons (Fsp3) is 0.467. The quantitative estimate of drug-likeness (QED) is 0.374. The Bertz CT molecular complexity index is 519. The summed E-state index contributed by atoms with van der Waals surface area (Å²) >= 11 is 0. The Kier molecular flexibility index (Phi) is 6.48. The Morgan fingerprint density at radius 2 is 2.17 bits per heavy atom. The van der Waals surface area contributed by atoms with Crippen molar-refractivity contribution >= 4 is 11.9 Å². The monoisotopic (exact) mass is 322 g/mol. The first kappa shape index (κ1) is 17.4. The summed E-state index contributed by atoms with van der Waals surface area (Å²) < 4.78 is 5.16. The van der Waals surface area contributed by atoms with Crippen LogP contribution in [0.3, 0.4) is 0 Å². The van der Waals surface area contributed by atoms with Crippen LogP contribution in [0.25, 0.3) is 0 Å². The molecule has 0 radical (unpaired) electrons. The van der Waals surface area contributed by atoms with Crippen molar-refractivity contribution in [2.75, 3.05) is 20.2 Å². The molecule has 0 saturated carbocycles. The fourth-order valence-electron chi connectivity index (χ4n) is 2.20. The molecule has 1 amide bonds. The molecule has 1 saturated heterocycles. The number of benzene rings is 1. The van der Waals surface area contributed by atoms with E-state index in [4.69, 9.17) is 4.74 Å². The van der Waals surface area contributed by atoms with Crippen LogP contribution < -0.4 is 16.3 Å². The molecule has 126 valence electrons. The molecule has 1 aromatic carbocycles. The molecule has 0 aromatic heterocycles. The third kappa shape index (κ3) is 5.00. The average molecular weight is 322 g/mol. The van der Waals surface area contributed by atoms with Gasteiger partial charge in [-0.1, -0.05) is 30.3 Å². The van der Waals surface area contributed by atoms with E-state index in [9.17, 15) is 14.7 Å². The van der Waals surface area contributed by atoms with Crippen molar-refractivity contribution in [1.82, 2.24) is 21.3 Å². The zero-order valence-electron chi connectivity index (χ0n) is 13.0. The lowest BCUT2D eigenvalue weighted by Gasteiger charge is -2.25. The second kappa shape index (κ2) is 8.59. The van der Waals surface area contributed by atoms with E-state index in [1.165, 1.54) is 12.1 Å². The highest BCUT2D eigenvalue weighted by atomic mass is 16.5. The molecule has 1 fully saturated rings. The fourth-order valence-corrected chi connectivity index (χ4v) is 2.20. The van der Waals surface area contributed by atoms with Gasteiger partial charge >= 0.3 is 5.97 Å². The molecule has 23 heavy (non-hydrogen) atoms. The van der Waals surface area contributed by atoms with Gasteiger partial charge in [0.2, 0.25) is 0 Å². The molecule has 1 aliphatic rings. The van der Waals surface area contributed by atoms with Crippen LogP contribution >= 0.6 is 0 Å². The first-order chi connectivity index (χ1) is 11.1. The van der Waals surface area contributed by atoms with E-state index < -0.39 is 18.6 Å². The van der Waals surface area contributed by atoms with Crippen molar-refractivity contribution in [2.24, 2.45) is 0 Å². The van der Waals surface area contributed by atoms with Crippen LogP contribution in [0, 0.1) is 0 Å². The van der Waals surface area contributed by atoms with Crippen LogP contribution in [0.1, 0.15) is 12.0 Å². The van der Waals surface area contributed by atoms with Gasteiger partial charge in [-0.3, -0.25) is 20.0 Å². The molecule has 2 atom stereocenters. The van der Waals surface area contributed by atoms with Crippen LogP contribution in [-0.4, -0.2) is 54.3 Å². The lowest BCUT2D eigenvalue weighted by atomic mass is 10.2. The number of carbonyl (C=O) groups is 2. The summed E-state index contributed by atoms with van der Waals surface area (Å²) in [4.78, 5) is 24.1. The number of nitrogens with zero attached hydrogens (tertiary/aromatic N) is 1. The lowest BCUT2D eigenvalue weighted by Crippen LogP contribution is -2.55. The summed E-state index contributed by atoms with van der Waals surface area (Å²) in [5, 5.41) is 10.6. The number of hydrogen-bond donors (Lipinski definition) is 4. The number of carbonyl (C=O) groups excluding carboxylic acids is 2. The van der Waals surface area contributed by atoms with Gasteiger partial charge in [0.25, 0.3) is 5.91 Å². The Balaban J connectivity index is 1.83. The maximum absolute atomic E-state index is 12.1. The highest BCUT2D eigenvalue weighted by Crippen LogP contribution is 2.03. The van der Waals surface area contributed by atoms with E-state index in [0.29, 0.717) is 13.0 Å². The van der Waals surface area contributed by atoms with Gasteiger partial charge in [-0.15, -0.1) is 0 Å². The first-order valence-electron chi connectivity index (χ1n) is 7.45. The van der Waals surface area contributed by atoms with Gasteiger partial charge in [0, 0.05) is 13.6 Å². The normalized spacial score (nSPS) is 18.4. The predicted molar refractivity (Wildman–Crippen MR) is 82.6 cm³/mol. The first-order valence-corrected chi connectivity index (χ1v) is 7.45. The molecule has 1 aliphatic heterocycles. The van der Waals surface area contributed by atoms with Gasteiger partial charge in [0.1, 0.15) is 18.7 Å². The SMILES string of the molecule is CN(NC(CO)C(=O)OCc1ccccc1)C(=O)C1CCNN1. The van der Waals surface area contributed by atoms with E-state index in [0.717, 1.165) is 5.56 Å². The van der Waals surface area contributed by atoms with E-state index >= 15 is 0 Å². The second-order valence-corrected chi connectivity index (χ2v) is 5.27. The number of rotatable bonds is 7. The van der Waals surface area contributed by atoms with Crippen LogP contribution in [-0.2, 0) is 20.9 Å². The number of hydrogen-bond acceptors (Lipinski definition) is 7. The molecule has 4 N–H and O–H groups in total. The number of hydrazine groups is 2. The molecule has 2 unspecified atom stereocenters. The average Bonchev–Trinajstić information content (AvgIpc) is 3.12. The number of nitrogens with one attached hydrogen (secondary N) is 3. The molecule has 8 heteroatoms. The van der Waals surface area contributed by atoms with Crippen LogP contribution in [0.15, 0.2) is 30.3 Å². The van der Waals surface area contributed by atoms with Crippen molar-refractivity contribution < 1.29 is 19.4 Å². The molecule has 1 aromatic rings. The summed E-state index contributed by atoms with van der Waals surface area (Å²) in [6, 6.07) is 7.89. The molecule has 0 spiro atoms. The minimum atomic E-state index is -0.998. The van der Waals surface area contributed by atoms with Crippen molar-refractivity contribution in [3.63, 3.8) is 0 Å². The Labute approximate surface area is 134 Å². The molecule has 2 rings (SSSR count). The van der Waals surface area contributed by atoms with Crippen molar-refractivity contribution in [1.29, 1.82) is 0 Å². The zero-order valence-corrected chi connectivity index (χ0v) is 13.0. The molecular weight excluding hydrogens is 300 g/mol. The Morgan fingerprint density at radius 1 is 1.43 bits per heavy atom. The highest BCUT2D eigenvalue weighted by molar-refractivity contribution is 5.82. The van der Waals surface area contributed by atoms with Crippen molar-refractivity contribution in [3.05, 3.63) is 35.9 Å². The zero-order chi connectivity index (χ0) is 16.7. The van der Waals surface area contributed by atoms with Gasteiger partial charge in [0.15, 0.2) is 0 Å². The largest absolute Gasteiger partial charge is 0.460 e. The second-order valence-electron chi connectivity index (χ2n) is 5.27. The van der Waals surface area contributed by atoms with E-state index in [2.05, 4.69) is 16.3 Å². The van der Waals surface area contributed by atoms with E-state index in [1.807, 2.05) is 30.3 Å². The van der Waals surface area contributed by atoms with Gasteiger partial charge in [-0.2, -0.15) is 0 Å². The molecule has 1 heterocycles. The number of ether oxygens (including phenoxy) is 1. The number of likely N-dealkylation sites (N-methyl/N-ethyl adjacent to an activating group) is 1. The Morgan fingerprint density at radius 3 is 2.78 bits per heavy atom. The van der Waals surface area contributed by atoms with Gasteiger partial charge in [-0.25, -0.2) is 10.9 Å². The van der Waals surface area contributed by atoms with Gasteiger partial charge in [-0.05, 0) is 12.0 Å². The number of aliphatic hydroxyl groups excluding tert-OH is 1. The molecular formula is C15H22N4O4. The third-order valence-electron chi connectivity index (χ3n) is 3.50. The topological polar surface area (TPSA) is 103 Å². The number of aliphatic hydroxyl groups is 1. The van der Waals surface area contributed by atoms with Crippen LogP contribution in [0.2, 0.25) is 0 Å². The van der Waals surface area contributed by atoms with Crippen LogP contribution in [0.4, 0.5) is 0 Å². The lowest BCUT2D eigenvalue weighted by molar-refractivity contribution is -0.152. The highest BCUT2D eigenvalue weighted by Gasteiger charge is 2.28. The number of amides is 1. The summed E-state index contributed by atoms with van der Waals surface area (Å²) in [7, 11) is 1.51. The number of esters is 1. The standard InChI is InChI=1S/C15H22N4O4/c1-19(14(21)12-7-8-16-17-12)18-13(9-20)15(22)23-10-11-5-3-2-4-6-11/h2-6,12-13,16-18,20H,7-10H2,1H3. The minimum absolute atomic E-state index is 0.115. The predicted octanol–water partition coefficient (Wildman–Crippen LogP) is -1.08. The minimum Gasteiger partial charge on any atom is -0.460 e.